The largest absolute Gasteiger partial charge is 0.454 e. The van der Waals surface area contributed by atoms with Gasteiger partial charge in [-0.1, -0.05) is 26.0 Å². The average Bonchev–Trinajstić information content (AvgIpc) is 3.08. The number of carbonyl (C=O) groups is 1. The maximum Gasteiger partial charge on any atom is 0.255 e. The second kappa shape index (κ2) is 7.36. The Morgan fingerprint density at radius 2 is 1.75 bits per heavy atom. The van der Waals surface area contributed by atoms with Gasteiger partial charge in [0.15, 0.2) is 11.5 Å². The van der Waals surface area contributed by atoms with Crippen LogP contribution in [0.5, 0.6) is 11.5 Å². The Morgan fingerprint density at radius 3 is 2.46 bits per heavy atom. The van der Waals surface area contributed by atoms with Crippen molar-refractivity contribution in [3.63, 3.8) is 0 Å². The van der Waals surface area contributed by atoms with Crippen LogP contribution in [-0.4, -0.2) is 30.7 Å². The lowest BCUT2D eigenvalue weighted by Crippen LogP contribution is -2.22. The summed E-state index contributed by atoms with van der Waals surface area (Å²) in [6, 6.07) is 13.2. The van der Waals surface area contributed by atoms with Gasteiger partial charge in [0.05, 0.1) is 0 Å². The number of amides is 1. The van der Waals surface area contributed by atoms with E-state index >= 15 is 0 Å². The molecule has 0 radical (unpaired) electrons. The fourth-order valence-corrected chi connectivity index (χ4v) is 2.64. The predicted octanol–water partition coefficient (Wildman–Crippen LogP) is 3.51. The third-order valence-corrected chi connectivity index (χ3v) is 4.15. The monoisotopic (exact) mass is 326 g/mol. The highest BCUT2D eigenvalue weighted by Crippen LogP contribution is 2.32. The van der Waals surface area contributed by atoms with Gasteiger partial charge in [-0.05, 0) is 49.0 Å². The van der Waals surface area contributed by atoms with Gasteiger partial charge in [-0.3, -0.25) is 9.69 Å². The van der Waals surface area contributed by atoms with Gasteiger partial charge in [-0.25, -0.2) is 0 Å². The van der Waals surface area contributed by atoms with Crippen molar-refractivity contribution < 1.29 is 14.3 Å². The van der Waals surface area contributed by atoms with Crippen molar-refractivity contribution >= 4 is 11.6 Å². The Labute approximate surface area is 142 Å². The summed E-state index contributed by atoms with van der Waals surface area (Å²) in [5.41, 5.74) is 2.56. The molecule has 0 fully saturated rings. The lowest BCUT2D eigenvalue weighted by Gasteiger charge is -2.18. The molecule has 3 rings (SSSR count). The summed E-state index contributed by atoms with van der Waals surface area (Å²) in [5.74, 6) is 1.12. The second-order valence-electron chi connectivity index (χ2n) is 5.68. The summed E-state index contributed by atoms with van der Waals surface area (Å²) in [4.78, 5) is 14.7. The van der Waals surface area contributed by atoms with Crippen LogP contribution < -0.4 is 14.8 Å². The highest BCUT2D eigenvalue weighted by atomic mass is 16.7. The Morgan fingerprint density at radius 1 is 1.04 bits per heavy atom. The van der Waals surface area contributed by atoms with E-state index in [0.29, 0.717) is 17.1 Å². The standard InChI is InChI=1S/C19H22N2O3/c1-3-21(4-2)12-14-5-8-16(9-6-14)20-19(22)15-7-10-17-18(11-15)24-13-23-17/h5-11H,3-4,12-13H2,1-2H3,(H,20,22). The SMILES string of the molecule is CCN(CC)Cc1ccc(NC(=O)c2ccc3c(c2)OCO3)cc1. The Balaban J connectivity index is 1.64. The van der Waals surface area contributed by atoms with Crippen molar-refractivity contribution in [3.05, 3.63) is 53.6 Å². The third-order valence-electron chi connectivity index (χ3n) is 4.15. The zero-order valence-corrected chi connectivity index (χ0v) is 14.0. The zero-order valence-electron chi connectivity index (χ0n) is 14.0. The Bertz CT molecular complexity index is 709. The van der Waals surface area contributed by atoms with E-state index in [1.54, 1.807) is 18.2 Å². The molecule has 0 saturated heterocycles. The lowest BCUT2D eigenvalue weighted by molar-refractivity contribution is 0.102. The van der Waals surface area contributed by atoms with E-state index in [0.717, 1.165) is 25.3 Å². The summed E-state index contributed by atoms with van der Waals surface area (Å²) in [6.07, 6.45) is 0. The molecule has 1 aliphatic heterocycles. The molecule has 2 aromatic rings. The van der Waals surface area contributed by atoms with Crippen LogP contribution in [0.4, 0.5) is 5.69 Å². The smallest absolute Gasteiger partial charge is 0.255 e. The molecular formula is C19H22N2O3. The fraction of sp³-hybridized carbons (Fsp3) is 0.316. The quantitative estimate of drug-likeness (QED) is 0.882. The normalized spacial score (nSPS) is 12.5. The molecular weight excluding hydrogens is 304 g/mol. The highest BCUT2D eigenvalue weighted by molar-refractivity contribution is 6.04. The molecule has 1 heterocycles. The average molecular weight is 326 g/mol. The van der Waals surface area contributed by atoms with E-state index < -0.39 is 0 Å². The molecule has 24 heavy (non-hydrogen) atoms. The van der Waals surface area contributed by atoms with Crippen LogP contribution in [0.15, 0.2) is 42.5 Å². The van der Waals surface area contributed by atoms with Crippen molar-refractivity contribution in [2.75, 3.05) is 25.2 Å². The molecule has 0 aliphatic carbocycles. The summed E-state index contributed by atoms with van der Waals surface area (Å²) in [6.45, 7) is 7.49. The van der Waals surface area contributed by atoms with Crippen LogP contribution in [0, 0.1) is 0 Å². The van der Waals surface area contributed by atoms with Crippen molar-refractivity contribution in [1.29, 1.82) is 0 Å². The first-order valence-corrected chi connectivity index (χ1v) is 8.22. The number of hydrogen-bond acceptors (Lipinski definition) is 4. The van der Waals surface area contributed by atoms with Crippen LogP contribution in [0.2, 0.25) is 0 Å². The summed E-state index contributed by atoms with van der Waals surface area (Å²) < 4.78 is 10.6. The first-order chi connectivity index (χ1) is 11.7. The maximum absolute atomic E-state index is 12.4. The first-order valence-electron chi connectivity index (χ1n) is 8.22. The van der Waals surface area contributed by atoms with Crippen LogP contribution >= 0.6 is 0 Å². The second-order valence-corrected chi connectivity index (χ2v) is 5.68. The van der Waals surface area contributed by atoms with Crippen LogP contribution in [0.3, 0.4) is 0 Å². The van der Waals surface area contributed by atoms with Gasteiger partial charge in [-0.2, -0.15) is 0 Å². The van der Waals surface area contributed by atoms with Crippen molar-refractivity contribution in [2.24, 2.45) is 0 Å². The lowest BCUT2D eigenvalue weighted by atomic mass is 10.1. The van der Waals surface area contributed by atoms with Gasteiger partial charge in [0, 0.05) is 17.8 Å². The number of hydrogen-bond donors (Lipinski definition) is 1. The summed E-state index contributed by atoms with van der Waals surface area (Å²) in [5, 5.41) is 2.91. The molecule has 0 aromatic heterocycles. The minimum atomic E-state index is -0.162. The number of rotatable bonds is 6. The number of ether oxygens (including phenoxy) is 2. The molecule has 0 atom stereocenters. The summed E-state index contributed by atoms with van der Waals surface area (Å²) in [7, 11) is 0. The third kappa shape index (κ3) is 3.68. The minimum absolute atomic E-state index is 0.162. The molecule has 0 bridgehead atoms. The summed E-state index contributed by atoms with van der Waals surface area (Å²) >= 11 is 0. The van der Waals surface area contributed by atoms with E-state index in [1.165, 1.54) is 5.56 Å². The van der Waals surface area contributed by atoms with E-state index in [9.17, 15) is 4.79 Å². The zero-order chi connectivity index (χ0) is 16.9. The molecule has 2 aromatic carbocycles. The molecule has 1 aliphatic rings. The molecule has 126 valence electrons. The van der Waals surface area contributed by atoms with E-state index in [1.807, 2.05) is 24.3 Å². The Kier molecular flexibility index (Phi) is 5.01. The van der Waals surface area contributed by atoms with Crippen LogP contribution in [0.1, 0.15) is 29.8 Å². The molecule has 5 nitrogen and oxygen atoms in total. The molecule has 1 amide bonds. The van der Waals surface area contributed by atoms with Gasteiger partial charge >= 0.3 is 0 Å². The highest BCUT2D eigenvalue weighted by Gasteiger charge is 2.16. The Hall–Kier alpha value is -2.53. The van der Waals surface area contributed by atoms with Gasteiger partial charge in [0.25, 0.3) is 5.91 Å². The number of carbonyl (C=O) groups excluding carboxylic acids is 1. The first kappa shape index (κ1) is 16.3. The maximum atomic E-state index is 12.4. The number of anilines is 1. The van der Waals surface area contributed by atoms with Gasteiger partial charge < -0.3 is 14.8 Å². The molecule has 0 saturated carbocycles. The predicted molar refractivity (Wildman–Crippen MR) is 93.6 cm³/mol. The van der Waals surface area contributed by atoms with Crippen molar-refractivity contribution in [1.82, 2.24) is 4.90 Å². The van der Waals surface area contributed by atoms with Crippen molar-refractivity contribution in [3.8, 4) is 11.5 Å². The van der Waals surface area contributed by atoms with Crippen LogP contribution in [0.25, 0.3) is 0 Å². The number of nitrogens with zero attached hydrogens (tertiary/aromatic N) is 1. The van der Waals surface area contributed by atoms with Crippen molar-refractivity contribution in [2.45, 2.75) is 20.4 Å². The van der Waals surface area contributed by atoms with E-state index in [4.69, 9.17) is 9.47 Å². The molecule has 1 N–H and O–H groups in total. The van der Waals surface area contributed by atoms with E-state index in [2.05, 4.69) is 24.1 Å². The number of fused-ring (bicyclic) bond motifs is 1. The van der Waals surface area contributed by atoms with Gasteiger partial charge in [0.2, 0.25) is 6.79 Å². The topological polar surface area (TPSA) is 50.8 Å². The fourth-order valence-electron chi connectivity index (χ4n) is 2.64. The number of nitrogens with one attached hydrogen (secondary N) is 1. The minimum Gasteiger partial charge on any atom is -0.454 e. The van der Waals surface area contributed by atoms with Crippen LogP contribution in [-0.2, 0) is 6.54 Å². The van der Waals surface area contributed by atoms with Gasteiger partial charge in [0.1, 0.15) is 0 Å². The molecule has 0 spiro atoms. The molecule has 5 heteroatoms. The number of benzene rings is 2. The molecule has 0 unspecified atom stereocenters. The van der Waals surface area contributed by atoms with E-state index in [-0.39, 0.29) is 12.7 Å². The van der Waals surface area contributed by atoms with Gasteiger partial charge in [-0.15, -0.1) is 0 Å².